The molecule has 9 nitrogen and oxygen atoms in total. The number of hydrogen-bond donors (Lipinski definition) is 4. The smallest absolute Gasteiger partial charge is 0.244 e. The molecule has 1 fully saturated rings. The zero-order valence-corrected chi connectivity index (χ0v) is 29.0. The lowest BCUT2D eigenvalue weighted by atomic mass is 9.82. The van der Waals surface area contributed by atoms with Gasteiger partial charge in [-0.15, -0.1) is 24.7 Å². The van der Waals surface area contributed by atoms with Crippen LogP contribution in [-0.2, 0) is 20.8 Å². The molecule has 0 aromatic heterocycles. The van der Waals surface area contributed by atoms with Crippen LogP contribution in [0.3, 0.4) is 0 Å². The monoisotopic (exact) mass is 650 g/mol. The standard InChI is InChI=1S/C38H58N4O5/c1-7-10-13-22-33(43)36(45)32(26-29-20-16-12-17-21-29)39-38(47)35(30(8-2)9-3)40-37(46)31(25-28-18-14-11-15-19-28)27-34(44)42(6)24-23-41(4)5/h1-2,11,14-15,18-19,29-33,35-36,43,45H,9-10,12-13,16-17,20-27H2,3-6H3,(H,39,47)(H,40,46). The van der Waals surface area contributed by atoms with E-state index in [9.17, 15) is 24.6 Å². The Hall–Kier alpha value is -3.37. The third kappa shape index (κ3) is 14.1. The minimum atomic E-state index is -1.21. The van der Waals surface area contributed by atoms with Gasteiger partial charge in [-0.05, 0) is 57.7 Å². The van der Waals surface area contributed by atoms with Crippen LogP contribution in [0.4, 0.5) is 0 Å². The maximum Gasteiger partial charge on any atom is 0.244 e. The van der Waals surface area contributed by atoms with Gasteiger partial charge in [0.2, 0.25) is 17.7 Å². The molecule has 0 spiro atoms. The van der Waals surface area contributed by atoms with Gasteiger partial charge in [-0.2, -0.15) is 0 Å². The Morgan fingerprint density at radius 1 is 0.979 bits per heavy atom. The fourth-order valence-electron chi connectivity index (χ4n) is 6.26. The van der Waals surface area contributed by atoms with E-state index in [4.69, 9.17) is 12.8 Å². The Bertz CT molecular complexity index is 1170. The van der Waals surface area contributed by atoms with Gasteiger partial charge in [0.05, 0.1) is 24.2 Å². The van der Waals surface area contributed by atoms with Gasteiger partial charge in [0.25, 0.3) is 0 Å². The summed E-state index contributed by atoms with van der Waals surface area (Å²) in [7, 11) is 5.59. The molecular weight excluding hydrogens is 592 g/mol. The summed E-state index contributed by atoms with van der Waals surface area (Å²) >= 11 is 0. The van der Waals surface area contributed by atoms with E-state index < -0.39 is 47.9 Å². The summed E-state index contributed by atoms with van der Waals surface area (Å²) in [6.07, 6.45) is 16.9. The van der Waals surface area contributed by atoms with Crippen LogP contribution in [0.2, 0.25) is 0 Å². The number of carbonyl (C=O) groups excluding carboxylic acids is 3. The summed E-state index contributed by atoms with van der Waals surface area (Å²) in [4.78, 5) is 44.8. The molecular formula is C38H58N4O5. The molecule has 0 saturated heterocycles. The number of amides is 3. The fourth-order valence-corrected chi connectivity index (χ4v) is 6.26. The van der Waals surface area contributed by atoms with Crippen LogP contribution < -0.4 is 10.6 Å². The van der Waals surface area contributed by atoms with Crippen LogP contribution in [0.5, 0.6) is 0 Å². The zero-order chi connectivity index (χ0) is 34.8. The normalized spacial score (nSPS) is 17.3. The van der Waals surface area contributed by atoms with Gasteiger partial charge in [0.15, 0.2) is 0 Å². The van der Waals surface area contributed by atoms with E-state index in [1.54, 1.807) is 11.9 Å². The number of nitrogens with zero attached hydrogens (tertiary/aromatic N) is 2. The van der Waals surface area contributed by atoms with Crippen molar-refractivity contribution in [2.75, 3.05) is 34.2 Å². The summed E-state index contributed by atoms with van der Waals surface area (Å²) in [6, 6.07) is 7.67. The molecule has 6 atom stereocenters. The van der Waals surface area contributed by atoms with Crippen LogP contribution in [0.1, 0.15) is 83.1 Å². The molecule has 9 heteroatoms. The minimum Gasteiger partial charge on any atom is -0.390 e. The number of nitrogens with one attached hydrogen (secondary N) is 2. The zero-order valence-electron chi connectivity index (χ0n) is 29.0. The first-order valence-corrected chi connectivity index (χ1v) is 17.3. The number of aliphatic hydroxyl groups is 2. The molecule has 3 amide bonds. The molecule has 1 aromatic rings. The lowest BCUT2D eigenvalue weighted by Crippen LogP contribution is -2.57. The van der Waals surface area contributed by atoms with Crippen LogP contribution in [0.15, 0.2) is 30.3 Å². The van der Waals surface area contributed by atoms with Crippen LogP contribution >= 0.6 is 0 Å². The number of unbranched alkanes of at least 4 members (excludes halogenated alkanes) is 1. The molecule has 260 valence electrons. The van der Waals surface area contributed by atoms with Crippen molar-refractivity contribution in [1.29, 1.82) is 0 Å². The second kappa shape index (κ2) is 21.5. The summed E-state index contributed by atoms with van der Waals surface area (Å²) in [5.41, 5.74) is 0.899. The first kappa shape index (κ1) is 39.8. The second-order valence-corrected chi connectivity index (χ2v) is 13.4. The molecule has 6 unspecified atom stereocenters. The lowest BCUT2D eigenvalue weighted by molar-refractivity contribution is -0.137. The maximum absolute atomic E-state index is 14.0. The van der Waals surface area contributed by atoms with Crippen LogP contribution in [0, 0.1) is 42.4 Å². The van der Waals surface area contributed by atoms with Gasteiger partial charge in [0.1, 0.15) is 6.04 Å². The molecule has 0 heterocycles. The van der Waals surface area contributed by atoms with E-state index in [0.29, 0.717) is 57.5 Å². The number of terminal acetylenes is 2. The molecule has 1 aromatic carbocycles. The highest BCUT2D eigenvalue weighted by Gasteiger charge is 2.36. The number of benzene rings is 1. The Kier molecular flexibility index (Phi) is 18.2. The molecule has 0 aliphatic heterocycles. The van der Waals surface area contributed by atoms with Crippen molar-refractivity contribution in [3.63, 3.8) is 0 Å². The Balaban J connectivity index is 2.31. The van der Waals surface area contributed by atoms with E-state index in [0.717, 1.165) is 37.7 Å². The van der Waals surface area contributed by atoms with E-state index in [1.165, 1.54) is 0 Å². The highest BCUT2D eigenvalue weighted by Crippen LogP contribution is 2.29. The van der Waals surface area contributed by atoms with E-state index in [-0.39, 0.29) is 12.3 Å². The van der Waals surface area contributed by atoms with Gasteiger partial charge < -0.3 is 30.6 Å². The van der Waals surface area contributed by atoms with Crippen molar-refractivity contribution < 1.29 is 24.6 Å². The maximum atomic E-state index is 14.0. The van der Waals surface area contributed by atoms with Crippen molar-refractivity contribution in [2.24, 2.45) is 17.8 Å². The number of likely N-dealkylation sites (N-methyl/N-ethyl adjacent to an activating group) is 2. The third-order valence-corrected chi connectivity index (χ3v) is 9.33. The minimum absolute atomic E-state index is 0.0291. The number of hydrogen-bond acceptors (Lipinski definition) is 6. The number of aliphatic hydroxyl groups excluding tert-OH is 2. The quantitative estimate of drug-likeness (QED) is 0.127. The van der Waals surface area contributed by atoms with Crippen molar-refractivity contribution in [3.05, 3.63) is 35.9 Å². The molecule has 4 N–H and O–H groups in total. The van der Waals surface area contributed by atoms with E-state index >= 15 is 0 Å². The molecule has 2 rings (SSSR count). The van der Waals surface area contributed by atoms with Crippen molar-refractivity contribution in [1.82, 2.24) is 20.4 Å². The number of carbonyl (C=O) groups is 3. The molecule has 47 heavy (non-hydrogen) atoms. The molecule has 1 aliphatic carbocycles. The summed E-state index contributed by atoms with van der Waals surface area (Å²) in [5.74, 6) is 3.06. The molecule has 1 saturated carbocycles. The lowest BCUT2D eigenvalue weighted by Gasteiger charge is -2.34. The van der Waals surface area contributed by atoms with E-state index in [1.807, 2.05) is 56.3 Å². The van der Waals surface area contributed by atoms with Crippen molar-refractivity contribution in [2.45, 2.75) is 108 Å². The van der Waals surface area contributed by atoms with Crippen molar-refractivity contribution >= 4 is 17.7 Å². The largest absolute Gasteiger partial charge is 0.390 e. The first-order chi connectivity index (χ1) is 22.5. The molecule has 0 bridgehead atoms. The van der Waals surface area contributed by atoms with Crippen molar-refractivity contribution in [3.8, 4) is 24.7 Å². The van der Waals surface area contributed by atoms with Crippen LogP contribution in [0.25, 0.3) is 0 Å². The molecule has 1 aliphatic rings. The van der Waals surface area contributed by atoms with Gasteiger partial charge in [0, 0.05) is 38.9 Å². The first-order valence-electron chi connectivity index (χ1n) is 17.3. The van der Waals surface area contributed by atoms with E-state index in [2.05, 4.69) is 22.5 Å². The third-order valence-electron chi connectivity index (χ3n) is 9.33. The Labute approximate surface area is 283 Å². The predicted molar refractivity (Wildman–Crippen MR) is 187 cm³/mol. The van der Waals surface area contributed by atoms with Gasteiger partial charge in [-0.25, -0.2) is 0 Å². The van der Waals surface area contributed by atoms with Crippen LogP contribution in [-0.4, -0.2) is 96.3 Å². The van der Waals surface area contributed by atoms with Gasteiger partial charge in [-0.1, -0.05) is 69.4 Å². The van der Waals surface area contributed by atoms with Gasteiger partial charge >= 0.3 is 0 Å². The topological polar surface area (TPSA) is 122 Å². The van der Waals surface area contributed by atoms with Gasteiger partial charge in [-0.3, -0.25) is 14.4 Å². The summed E-state index contributed by atoms with van der Waals surface area (Å²) in [5, 5.41) is 28.0. The average Bonchev–Trinajstić information content (AvgIpc) is 3.07. The SMILES string of the molecule is C#CCCCC(O)C(O)C(CC1CCCCC1)NC(=O)C(NC(=O)C(CC(=O)N(C)CCN(C)C)Cc1ccccc1)C(C#C)CC. The highest BCUT2D eigenvalue weighted by atomic mass is 16.3. The number of rotatable bonds is 20. The second-order valence-electron chi connectivity index (χ2n) is 13.4. The Morgan fingerprint density at radius 3 is 2.26 bits per heavy atom. The predicted octanol–water partition coefficient (Wildman–Crippen LogP) is 3.38. The average molecular weight is 651 g/mol. The molecule has 0 radical (unpaired) electrons. The highest BCUT2D eigenvalue weighted by molar-refractivity contribution is 5.91. The summed E-state index contributed by atoms with van der Waals surface area (Å²) < 4.78 is 0. The summed E-state index contributed by atoms with van der Waals surface area (Å²) in [6.45, 7) is 3.06. The Morgan fingerprint density at radius 2 is 1.66 bits per heavy atom. The fraction of sp³-hybridized carbons (Fsp3) is 0.658.